The monoisotopic (exact) mass is 279 g/mol. The van der Waals surface area contributed by atoms with Gasteiger partial charge >= 0.3 is 0 Å². The second-order valence-electron chi connectivity index (χ2n) is 4.68. The zero-order chi connectivity index (χ0) is 13.8. The molecule has 1 aromatic carbocycles. The van der Waals surface area contributed by atoms with E-state index in [1.54, 1.807) is 23.5 Å². The van der Waals surface area contributed by atoms with E-state index in [2.05, 4.69) is 24.4 Å². The minimum Gasteiger partial charge on any atom is -0.387 e. The zero-order valence-corrected chi connectivity index (χ0v) is 11.9. The average molecular weight is 279 g/mol. The van der Waals surface area contributed by atoms with E-state index in [1.165, 1.54) is 21.9 Å². The van der Waals surface area contributed by atoms with Gasteiger partial charge in [0.1, 0.15) is 5.82 Å². The second kappa shape index (κ2) is 6.28. The van der Waals surface area contributed by atoms with Crippen LogP contribution in [-0.4, -0.2) is 11.1 Å². The van der Waals surface area contributed by atoms with Gasteiger partial charge in [-0.05, 0) is 43.7 Å². The number of halogens is 1. The van der Waals surface area contributed by atoms with Crippen LogP contribution in [0, 0.1) is 12.7 Å². The molecule has 2 aromatic rings. The Hall–Kier alpha value is -1.23. The second-order valence-corrected chi connectivity index (χ2v) is 6.05. The van der Waals surface area contributed by atoms with Gasteiger partial charge in [0.15, 0.2) is 0 Å². The number of hydrogen-bond donors (Lipinski definition) is 2. The maximum atomic E-state index is 12.8. The number of benzene rings is 1. The van der Waals surface area contributed by atoms with E-state index < -0.39 is 6.10 Å². The molecule has 102 valence electrons. The summed E-state index contributed by atoms with van der Waals surface area (Å²) in [5, 5.41) is 13.5. The highest BCUT2D eigenvalue weighted by Crippen LogP contribution is 2.19. The summed E-state index contributed by atoms with van der Waals surface area (Å²) < 4.78 is 12.8. The van der Waals surface area contributed by atoms with Crippen molar-refractivity contribution in [3.63, 3.8) is 0 Å². The summed E-state index contributed by atoms with van der Waals surface area (Å²) in [4.78, 5) is 2.53. The zero-order valence-electron chi connectivity index (χ0n) is 11.1. The minimum atomic E-state index is -0.637. The van der Waals surface area contributed by atoms with Gasteiger partial charge in [0, 0.05) is 22.3 Å². The first kappa shape index (κ1) is 14.2. The van der Waals surface area contributed by atoms with Crippen LogP contribution in [0.3, 0.4) is 0 Å². The van der Waals surface area contributed by atoms with Crippen molar-refractivity contribution in [2.45, 2.75) is 32.5 Å². The Morgan fingerprint density at radius 2 is 1.89 bits per heavy atom. The molecule has 1 heterocycles. The Kier molecular flexibility index (Phi) is 4.69. The Labute approximate surface area is 116 Å². The smallest absolute Gasteiger partial charge is 0.123 e. The van der Waals surface area contributed by atoms with Crippen LogP contribution in [0.15, 0.2) is 36.4 Å². The Bertz CT molecular complexity index is 523. The van der Waals surface area contributed by atoms with Crippen molar-refractivity contribution in [2.24, 2.45) is 0 Å². The van der Waals surface area contributed by atoms with Crippen molar-refractivity contribution >= 4 is 11.3 Å². The number of aryl methyl sites for hydroxylation is 1. The molecule has 0 bridgehead atoms. The fraction of sp³-hybridized carbons (Fsp3) is 0.333. The molecule has 0 radical (unpaired) electrons. The van der Waals surface area contributed by atoms with Gasteiger partial charge in [-0.15, -0.1) is 11.3 Å². The number of aliphatic hydroxyl groups excluding tert-OH is 1. The molecular formula is C15H18FNOS. The van der Waals surface area contributed by atoms with Gasteiger partial charge in [-0.25, -0.2) is 4.39 Å². The number of nitrogens with one attached hydrogen (secondary N) is 1. The normalized spacial score (nSPS) is 14.3. The van der Waals surface area contributed by atoms with Crippen LogP contribution in [-0.2, 0) is 6.54 Å². The fourth-order valence-corrected chi connectivity index (χ4v) is 2.74. The first-order chi connectivity index (χ1) is 9.06. The Morgan fingerprint density at radius 3 is 2.47 bits per heavy atom. The lowest BCUT2D eigenvalue weighted by molar-refractivity contribution is 0.135. The van der Waals surface area contributed by atoms with Crippen molar-refractivity contribution < 1.29 is 9.50 Å². The molecule has 2 nitrogen and oxygen atoms in total. The molecule has 0 saturated heterocycles. The van der Waals surface area contributed by atoms with Gasteiger partial charge in [-0.3, -0.25) is 0 Å². The summed E-state index contributed by atoms with van der Waals surface area (Å²) >= 11 is 1.75. The lowest BCUT2D eigenvalue weighted by Gasteiger charge is -2.20. The maximum Gasteiger partial charge on any atom is 0.123 e. The molecule has 0 aliphatic carbocycles. The molecule has 0 fully saturated rings. The molecular weight excluding hydrogens is 261 g/mol. The summed E-state index contributed by atoms with van der Waals surface area (Å²) in [7, 11) is 0. The van der Waals surface area contributed by atoms with E-state index in [0.29, 0.717) is 0 Å². The standard InChI is InChI=1S/C15H18FNOS/c1-10-3-8-14(19-10)9-17-11(2)15(18)12-4-6-13(16)7-5-12/h3-8,11,15,17-18H,9H2,1-2H3. The van der Waals surface area contributed by atoms with Crippen LogP contribution < -0.4 is 5.32 Å². The first-order valence-corrected chi connectivity index (χ1v) is 7.10. The van der Waals surface area contributed by atoms with Crippen molar-refractivity contribution in [2.75, 3.05) is 0 Å². The van der Waals surface area contributed by atoms with Crippen LogP contribution >= 0.6 is 11.3 Å². The maximum absolute atomic E-state index is 12.8. The number of hydrogen-bond acceptors (Lipinski definition) is 3. The molecule has 2 N–H and O–H groups in total. The lowest BCUT2D eigenvalue weighted by Crippen LogP contribution is -2.31. The van der Waals surface area contributed by atoms with Crippen LogP contribution in [0.25, 0.3) is 0 Å². The molecule has 0 aliphatic heterocycles. The predicted molar refractivity (Wildman–Crippen MR) is 76.7 cm³/mol. The SMILES string of the molecule is Cc1ccc(CNC(C)C(O)c2ccc(F)cc2)s1. The molecule has 4 heteroatoms. The number of rotatable bonds is 5. The molecule has 0 saturated carbocycles. The molecule has 1 aromatic heterocycles. The predicted octanol–water partition coefficient (Wildman–Crippen LogP) is 3.41. The fourth-order valence-electron chi connectivity index (χ4n) is 1.90. The topological polar surface area (TPSA) is 32.3 Å². The highest BCUT2D eigenvalue weighted by atomic mass is 32.1. The third-order valence-electron chi connectivity index (χ3n) is 3.08. The van der Waals surface area contributed by atoms with Crippen molar-refractivity contribution in [3.05, 3.63) is 57.5 Å². The first-order valence-electron chi connectivity index (χ1n) is 6.28. The summed E-state index contributed by atoms with van der Waals surface area (Å²) in [6.45, 7) is 4.73. The van der Waals surface area contributed by atoms with E-state index in [4.69, 9.17) is 0 Å². The molecule has 2 unspecified atom stereocenters. The number of thiophene rings is 1. The van der Waals surface area contributed by atoms with Crippen molar-refractivity contribution in [1.82, 2.24) is 5.32 Å². The van der Waals surface area contributed by atoms with Gasteiger partial charge in [0.2, 0.25) is 0 Å². The summed E-state index contributed by atoms with van der Waals surface area (Å²) in [6, 6.07) is 10.1. The molecule has 19 heavy (non-hydrogen) atoms. The van der Waals surface area contributed by atoms with Crippen LogP contribution in [0.2, 0.25) is 0 Å². The van der Waals surface area contributed by atoms with Crippen molar-refractivity contribution in [3.8, 4) is 0 Å². The van der Waals surface area contributed by atoms with Crippen LogP contribution in [0.4, 0.5) is 4.39 Å². The van der Waals surface area contributed by atoms with Crippen molar-refractivity contribution in [1.29, 1.82) is 0 Å². The van der Waals surface area contributed by atoms with Gasteiger partial charge < -0.3 is 10.4 Å². The molecule has 0 aliphatic rings. The third-order valence-corrected chi connectivity index (χ3v) is 4.08. The highest BCUT2D eigenvalue weighted by Gasteiger charge is 2.16. The van der Waals surface area contributed by atoms with Gasteiger partial charge in [-0.1, -0.05) is 12.1 Å². The van der Waals surface area contributed by atoms with Crippen LogP contribution in [0.5, 0.6) is 0 Å². The molecule has 2 atom stereocenters. The quantitative estimate of drug-likeness (QED) is 0.879. The molecule has 2 rings (SSSR count). The largest absolute Gasteiger partial charge is 0.387 e. The van der Waals surface area contributed by atoms with Crippen LogP contribution in [0.1, 0.15) is 28.3 Å². The van der Waals surface area contributed by atoms with Gasteiger partial charge in [-0.2, -0.15) is 0 Å². The molecule has 0 amide bonds. The third kappa shape index (κ3) is 3.86. The highest BCUT2D eigenvalue weighted by molar-refractivity contribution is 7.11. The van der Waals surface area contributed by atoms with E-state index in [0.717, 1.165) is 12.1 Å². The number of aliphatic hydroxyl groups is 1. The Balaban J connectivity index is 1.92. The van der Waals surface area contributed by atoms with E-state index in [-0.39, 0.29) is 11.9 Å². The van der Waals surface area contributed by atoms with Gasteiger partial charge in [0.05, 0.1) is 6.10 Å². The summed E-state index contributed by atoms with van der Waals surface area (Å²) in [5.74, 6) is -0.286. The van der Waals surface area contributed by atoms with E-state index >= 15 is 0 Å². The molecule has 0 spiro atoms. The lowest BCUT2D eigenvalue weighted by atomic mass is 10.0. The summed E-state index contributed by atoms with van der Waals surface area (Å²) in [6.07, 6.45) is -0.637. The summed E-state index contributed by atoms with van der Waals surface area (Å²) in [5.41, 5.74) is 0.726. The Morgan fingerprint density at radius 1 is 1.21 bits per heavy atom. The minimum absolute atomic E-state index is 0.0899. The van der Waals surface area contributed by atoms with Gasteiger partial charge in [0.25, 0.3) is 0 Å². The van der Waals surface area contributed by atoms with E-state index in [1.807, 2.05) is 6.92 Å². The van der Waals surface area contributed by atoms with E-state index in [9.17, 15) is 9.50 Å². The average Bonchev–Trinajstić information content (AvgIpc) is 2.82.